The third-order valence-corrected chi connectivity index (χ3v) is 2.38. The number of anilines is 1. The fourth-order valence-electron chi connectivity index (χ4n) is 1.72. The second-order valence-electron chi connectivity index (χ2n) is 3.17. The maximum absolute atomic E-state index is 4.04. The average molecular weight is 171 g/mol. The van der Waals surface area contributed by atoms with E-state index in [1.165, 1.54) is 16.8 Å². The average Bonchev–Trinajstić information content (AvgIpc) is 2.65. The summed E-state index contributed by atoms with van der Waals surface area (Å²) in [7, 11) is 0. The number of nitrogens with one attached hydrogen (secondary N) is 2. The minimum Gasteiger partial charge on any atom is -0.380 e. The summed E-state index contributed by atoms with van der Waals surface area (Å²) in [6.07, 6.45) is 1.87. The highest BCUT2D eigenvalue weighted by molar-refractivity contribution is 5.79. The number of nitrogens with zero attached hydrogens (tertiary/aromatic N) is 1. The van der Waals surface area contributed by atoms with Crippen LogP contribution in [0.25, 0.3) is 11.3 Å². The quantitative estimate of drug-likeness (QED) is 0.636. The van der Waals surface area contributed by atoms with Gasteiger partial charge >= 0.3 is 0 Å². The zero-order valence-corrected chi connectivity index (χ0v) is 7.04. The Bertz CT molecular complexity index is 445. The molecule has 0 spiro atoms. The summed E-state index contributed by atoms with van der Waals surface area (Å²) < 4.78 is 0. The van der Waals surface area contributed by atoms with Crippen LogP contribution in [0.15, 0.2) is 30.5 Å². The number of aromatic nitrogens is 2. The molecule has 0 unspecified atom stereocenters. The van der Waals surface area contributed by atoms with Gasteiger partial charge in [0.25, 0.3) is 0 Å². The van der Waals surface area contributed by atoms with Gasteiger partial charge in [0.05, 0.1) is 11.9 Å². The van der Waals surface area contributed by atoms with Crippen molar-refractivity contribution in [2.75, 3.05) is 5.32 Å². The Labute approximate surface area is 75.8 Å². The molecule has 0 radical (unpaired) electrons. The second kappa shape index (κ2) is 2.36. The molecule has 1 aliphatic rings. The van der Waals surface area contributed by atoms with Gasteiger partial charge in [-0.1, -0.05) is 18.2 Å². The van der Waals surface area contributed by atoms with Gasteiger partial charge in [-0.15, -0.1) is 0 Å². The zero-order valence-electron chi connectivity index (χ0n) is 7.04. The Morgan fingerprint density at radius 1 is 1.23 bits per heavy atom. The SMILES string of the molecule is c1ccc2c(c1)NCc1cn[nH]c1-2. The van der Waals surface area contributed by atoms with Crippen LogP contribution in [-0.4, -0.2) is 10.2 Å². The number of benzene rings is 1. The van der Waals surface area contributed by atoms with Crippen molar-refractivity contribution in [2.24, 2.45) is 0 Å². The molecule has 2 N–H and O–H groups in total. The predicted molar refractivity (Wildman–Crippen MR) is 51.4 cm³/mol. The molecule has 2 heterocycles. The van der Waals surface area contributed by atoms with E-state index in [1.807, 2.05) is 18.3 Å². The molecule has 1 aromatic heterocycles. The van der Waals surface area contributed by atoms with Gasteiger partial charge in [0.2, 0.25) is 0 Å². The Hall–Kier alpha value is -1.77. The van der Waals surface area contributed by atoms with Crippen molar-refractivity contribution in [3.8, 4) is 11.3 Å². The highest BCUT2D eigenvalue weighted by atomic mass is 15.1. The number of hydrogen-bond acceptors (Lipinski definition) is 2. The Kier molecular flexibility index (Phi) is 1.22. The summed E-state index contributed by atoms with van der Waals surface area (Å²) in [6, 6.07) is 8.25. The van der Waals surface area contributed by atoms with Crippen molar-refractivity contribution in [3.63, 3.8) is 0 Å². The molecular weight excluding hydrogens is 162 g/mol. The van der Waals surface area contributed by atoms with E-state index < -0.39 is 0 Å². The number of para-hydroxylation sites is 1. The van der Waals surface area contributed by atoms with Gasteiger partial charge in [-0.3, -0.25) is 5.10 Å². The maximum atomic E-state index is 4.04. The molecule has 0 amide bonds. The Morgan fingerprint density at radius 3 is 3.15 bits per heavy atom. The number of rotatable bonds is 0. The normalized spacial score (nSPS) is 12.9. The largest absolute Gasteiger partial charge is 0.380 e. The van der Waals surface area contributed by atoms with Crippen molar-refractivity contribution in [3.05, 3.63) is 36.0 Å². The highest BCUT2D eigenvalue weighted by Crippen LogP contribution is 2.32. The smallest absolute Gasteiger partial charge is 0.0720 e. The van der Waals surface area contributed by atoms with Crippen LogP contribution in [0.3, 0.4) is 0 Å². The summed E-state index contributed by atoms with van der Waals surface area (Å²) >= 11 is 0. The predicted octanol–water partition coefficient (Wildman–Crippen LogP) is 2.00. The lowest BCUT2D eigenvalue weighted by molar-refractivity contribution is 1.09. The summed E-state index contributed by atoms with van der Waals surface area (Å²) in [5, 5.41) is 10.4. The van der Waals surface area contributed by atoms with E-state index in [4.69, 9.17) is 0 Å². The first-order chi connectivity index (χ1) is 6.45. The second-order valence-corrected chi connectivity index (χ2v) is 3.17. The Balaban J connectivity index is 2.30. The monoisotopic (exact) mass is 171 g/mol. The van der Waals surface area contributed by atoms with Crippen molar-refractivity contribution < 1.29 is 0 Å². The van der Waals surface area contributed by atoms with E-state index in [1.54, 1.807) is 0 Å². The van der Waals surface area contributed by atoms with Crippen molar-refractivity contribution in [1.29, 1.82) is 0 Å². The van der Waals surface area contributed by atoms with Crippen molar-refractivity contribution in [1.82, 2.24) is 10.2 Å². The number of aromatic amines is 1. The minimum atomic E-state index is 0.864. The van der Waals surface area contributed by atoms with Gasteiger partial charge in [0.1, 0.15) is 0 Å². The molecule has 64 valence electrons. The summed E-state index contributed by atoms with van der Waals surface area (Å²) in [6.45, 7) is 0.864. The molecule has 3 nitrogen and oxygen atoms in total. The van der Waals surface area contributed by atoms with Crippen LogP contribution in [0.5, 0.6) is 0 Å². The molecule has 13 heavy (non-hydrogen) atoms. The minimum absolute atomic E-state index is 0.864. The van der Waals surface area contributed by atoms with Crippen molar-refractivity contribution >= 4 is 5.69 Å². The van der Waals surface area contributed by atoms with Gasteiger partial charge in [0, 0.05) is 23.4 Å². The molecule has 0 saturated carbocycles. The maximum Gasteiger partial charge on any atom is 0.0720 e. The van der Waals surface area contributed by atoms with Crippen LogP contribution in [-0.2, 0) is 6.54 Å². The molecule has 3 rings (SSSR count). The van der Waals surface area contributed by atoms with Crippen LogP contribution in [0.4, 0.5) is 5.69 Å². The molecule has 0 bridgehead atoms. The summed E-state index contributed by atoms with van der Waals surface area (Å²) in [5.41, 5.74) is 4.77. The fourth-order valence-corrected chi connectivity index (χ4v) is 1.72. The first kappa shape index (κ1) is 6.71. The summed E-state index contributed by atoms with van der Waals surface area (Å²) in [5.74, 6) is 0. The van der Waals surface area contributed by atoms with E-state index in [0.717, 1.165) is 12.2 Å². The molecule has 2 aromatic rings. The van der Waals surface area contributed by atoms with Crippen molar-refractivity contribution in [2.45, 2.75) is 6.54 Å². The van der Waals surface area contributed by atoms with Gasteiger partial charge in [-0.25, -0.2) is 0 Å². The van der Waals surface area contributed by atoms with Gasteiger partial charge in [-0.05, 0) is 6.07 Å². The van der Waals surface area contributed by atoms with Crippen LogP contribution < -0.4 is 5.32 Å². The molecule has 0 saturated heterocycles. The first-order valence-corrected chi connectivity index (χ1v) is 4.30. The van der Waals surface area contributed by atoms with Crippen LogP contribution in [0, 0.1) is 0 Å². The molecule has 0 aliphatic carbocycles. The van der Waals surface area contributed by atoms with E-state index in [-0.39, 0.29) is 0 Å². The summed E-state index contributed by atoms with van der Waals surface area (Å²) in [4.78, 5) is 0. The fraction of sp³-hybridized carbons (Fsp3) is 0.100. The van der Waals surface area contributed by atoms with E-state index in [0.29, 0.717) is 0 Å². The number of fused-ring (bicyclic) bond motifs is 3. The van der Waals surface area contributed by atoms with Gasteiger partial charge in [-0.2, -0.15) is 5.10 Å². The molecule has 3 heteroatoms. The van der Waals surface area contributed by atoms with Gasteiger partial charge < -0.3 is 5.32 Å². The van der Waals surface area contributed by atoms with E-state index >= 15 is 0 Å². The van der Waals surface area contributed by atoms with E-state index in [9.17, 15) is 0 Å². The third kappa shape index (κ3) is 0.869. The molecule has 0 atom stereocenters. The highest BCUT2D eigenvalue weighted by Gasteiger charge is 2.15. The van der Waals surface area contributed by atoms with Crippen LogP contribution in [0.1, 0.15) is 5.56 Å². The number of H-pyrrole nitrogens is 1. The third-order valence-electron chi connectivity index (χ3n) is 2.38. The lowest BCUT2D eigenvalue weighted by atomic mass is 10.0. The van der Waals surface area contributed by atoms with Gasteiger partial charge in [0.15, 0.2) is 0 Å². The topological polar surface area (TPSA) is 40.7 Å². The van der Waals surface area contributed by atoms with Crippen LogP contribution in [0.2, 0.25) is 0 Å². The lowest BCUT2D eigenvalue weighted by Crippen LogP contribution is -2.06. The lowest BCUT2D eigenvalue weighted by Gasteiger charge is -2.16. The van der Waals surface area contributed by atoms with E-state index in [2.05, 4.69) is 27.6 Å². The standard InChI is InChI=1S/C10H9N3/c1-2-4-9-8(3-1)10-7(5-11-9)6-12-13-10/h1-4,6,11H,5H2,(H,12,13). The first-order valence-electron chi connectivity index (χ1n) is 4.30. The van der Waals surface area contributed by atoms with Crippen LogP contribution >= 0.6 is 0 Å². The Morgan fingerprint density at radius 2 is 2.15 bits per heavy atom. The molecular formula is C10H9N3. The molecule has 1 aliphatic heterocycles. The zero-order chi connectivity index (χ0) is 8.67. The number of hydrogen-bond donors (Lipinski definition) is 2. The molecule has 1 aromatic carbocycles. The molecule has 0 fully saturated rings.